The predicted molar refractivity (Wildman–Crippen MR) is 73.8 cm³/mol. The molecule has 1 rings (SSSR count). The van der Waals surface area contributed by atoms with Crippen LogP contribution in [0.3, 0.4) is 0 Å². The molecule has 1 aromatic rings. The van der Waals surface area contributed by atoms with Crippen LogP contribution in [0.1, 0.15) is 25.8 Å². The summed E-state index contributed by atoms with van der Waals surface area (Å²) in [4.78, 5) is 22.2. The molecule has 0 radical (unpaired) electrons. The van der Waals surface area contributed by atoms with Gasteiger partial charge in [0.25, 0.3) is 0 Å². The van der Waals surface area contributed by atoms with Crippen LogP contribution in [-0.4, -0.2) is 23.0 Å². The molecule has 104 valence electrons. The van der Waals surface area contributed by atoms with E-state index in [1.807, 2.05) is 13.8 Å². The number of carbonyl (C=O) groups excluding carboxylic acids is 1. The van der Waals surface area contributed by atoms with Crippen LogP contribution in [0.5, 0.6) is 0 Å². The molecule has 0 aliphatic carbocycles. The van der Waals surface area contributed by atoms with Gasteiger partial charge >= 0.3 is 5.97 Å². The molecule has 0 bridgehead atoms. The van der Waals surface area contributed by atoms with E-state index in [0.717, 1.165) is 5.56 Å². The van der Waals surface area contributed by atoms with Gasteiger partial charge in [0, 0.05) is 12.1 Å². The Morgan fingerprint density at radius 1 is 1.26 bits per heavy atom. The highest BCUT2D eigenvalue weighted by Crippen LogP contribution is 2.12. The fourth-order valence-electron chi connectivity index (χ4n) is 1.53. The Balaban J connectivity index is 2.57. The molecule has 0 spiro atoms. The number of carboxylic acids is 1. The summed E-state index contributed by atoms with van der Waals surface area (Å²) in [5.41, 5.74) is 7.33. The molecule has 5 heteroatoms. The second-order valence-corrected chi connectivity index (χ2v) is 4.85. The standard InChI is InChI=1S/C14H20N2O3/c1-9(2)13(15)14(19)16-11-6-3-10(4-7-11)5-8-12(17)18/h3-4,6-7,9,13H,5,8,15H2,1-2H3,(H,16,19)(H,17,18)/t13-/m0/s1. The van der Waals surface area contributed by atoms with E-state index < -0.39 is 12.0 Å². The van der Waals surface area contributed by atoms with E-state index in [1.165, 1.54) is 0 Å². The van der Waals surface area contributed by atoms with Gasteiger partial charge in [0.2, 0.25) is 5.91 Å². The number of nitrogens with two attached hydrogens (primary N) is 1. The molecule has 0 unspecified atom stereocenters. The second-order valence-electron chi connectivity index (χ2n) is 4.85. The van der Waals surface area contributed by atoms with E-state index in [2.05, 4.69) is 5.32 Å². The maximum absolute atomic E-state index is 11.7. The lowest BCUT2D eigenvalue weighted by atomic mass is 10.0. The zero-order chi connectivity index (χ0) is 14.4. The summed E-state index contributed by atoms with van der Waals surface area (Å²) in [5.74, 6) is -0.955. The molecule has 19 heavy (non-hydrogen) atoms. The number of benzene rings is 1. The minimum Gasteiger partial charge on any atom is -0.481 e. The number of hydrogen-bond donors (Lipinski definition) is 3. The fraction of sp³-hybridized carbons (Fsp3) is 0.429. The Morgan fingerprint density at radius 3 is 2.32 bits per heavy atom. The summed E-state index contributed by atoms with van der Waals surface area (Å²) < 4.78 is 0. The molecule has 1 amide bonds. The van der Waals surface area contributed by atoms with Crippen LogP contribution in [0, 0.1) is 5.92 Å². The zero-order valence-corrected chi connectivity index (χ0v) is 11.2. The summed E-state index contributed by atoms with van der Waals surface area (Å²) in [7, 11) is 0. The van der Waals surface area contributed by atoms with E-state index in [9.17, 15) is 9.59 Å². The van der Waals surface area contributed by atoms with Gasteiger partial charge in [-0.1, -0.05) is 26.0 Å². The van der Waals surface area contributed by atoms with Crippen molar-refractivity contribution in [2.45, 2.75) is 32.7 Å². The van der Waals surface area contributed by atoms with Gasteiger partial charge in [-0.25, -0.2) is 0 Å². The van der Waals surface area contributed by atoms with E-state index in [1.54, 1.807) is 24.3 Å². The van der Waals surface area contributed by atoms with Crippen LogP contribution in [-0.2, 0) is 16.0 Å². The van der Waals surface area contributed by atoms with Gasteiger partial charge in [0.1, 0.15) is 0 Å². The minimum atomic E-state index is -0.819. The Bertz CT molecular complexity index is 441. The SMILES string of the molecule is CC(C)[C@H](N)C(=O)Nc1ccc(CCC(=O)O)cc1. The first kappa shape index (κ1) is 15.2. The zero-order valence-electron chi connectivity index (χ0n) is 11.2. The average Bonchev–Trinajstić information content (AvgIpc) is 2.36. The Hall–Kier alpha value is -1.88. The van der Waals surface area contributed by atoms with Crippen molar-refractivity contribution in [1.82, 2.24) is 0 Å². The quantitative estimate of drug-likeness (QED) is 0.728. The summed E-state index contributed by atoms with van der Waals surface area (Å²) in [6, 6.07) is 6.58. The number of anilines is 1. The van der Waals surface area contributed by atoms with Crippen LogP contribution >= 0.6 is 0 Å². The molecule has 0 saturated carbocycles. The van der Waals surface area contributed by atoms with Crippen molar-refractivity contribution in [3.63, 3.8) is 0 Å². The van der Waals surface area contributed by atoms with Crippen molar-refractivity contribution in [1.29, 1.82) is 0 Å². The molecular weight excluding hydrogens is 244 g/mol. The molecule has 0 fully saturated rings. The van der Waals surface area contributed by atoms with Gasteiger partial charge in [-0.15, -0.1) is 0 Å². The molecule has 0 aliphatic heterocycles. The smallest absolute Gasteiger partial charge is 0.303 e. The van der Waals surface area contributed by atoms with Gasteiger partial charge in [-0.3, -0.25) is 9.59 Å². The number of carbonyl (C=O) groups is 2. The van der Waals surface area contributed by atoms with Gasteiger partial charge < -0.3 is 16.2 Å². The molecule has 4 N–H and O–H groups in total. The number of hydrogen-bond acceptors (Lipinski definition) is 3. The Kier molecular flexibility index (Phi) is 5.51. The number of rotatable bonds is 6. The molecule has 5 nitrogen and oxygen atoms in total. The molecule has 0 aromatic heterocycles. The third kappa shape index (κ3) is 5.09. The largest absolute Gasteiger partial charge is 0.481 e. The van der Waals surface area contributed by atoms with Gasteiger partial charge in [-0.05, 0) is 30.0 Å². The van der Waals surface area contributed by atoms with Crippen molar-refractivity contribution >= 4 is 17.6 Å². The number of aryl methyl sites for hydroxylation is 1. The minimum absolute atomic E-state index is 0.0786. The van der Waals surface area contributed by atoms with E-state index in [4.69, 9.17) is 10.8 Å². The molecule has 0 saturated heterocycles. The lowest BCUT2D eigenvalue weighted by Crippen LogP contribution is -2.39. The third-order valence-electron chi connectivity index (χ3n) is 2.87. The Morgan fingerprint density at radius 2 is 1.84 bits per heavy atom. The van der Waals surface area contributed by atoms with Gasteiger partial charge in [0.05, 0.1) is 6.04 Å². The van der Waals surface area contributed by atoms with Crippen LogP contribution in [0.15, 0.2) is 24.3 Å². The van der Waals surface area contributed by atoms with Gasteiger partial charge in [0.15, 0.2) is 0 Å². The van der Waals surface area contributed by atoms with Crippen LogP contribution in [0.2, 0.25) is 0 Å². The highest BCUT2D eigenvalue weighted by atomic mass is 16.4. The van der Waals surface area contributed by atoms with Crippen molar-refractivity contribution < 1.29 is 14.7 Å². The average molecular weight is 264 g/mol. The molecular formula is C14H20N2O3. The first-order valence-electron chi connectivity index (χ1n) is 6.27. The third-order valence-corrected chi connectivity index (χ3v) is 2.87. The Labute approximate surface area is 112 Å². The van der Waals surface area contributed by atoms with E-state index in [-0.39, 0.29) is 18.2 Å². The lowest BCUT2D eigenvalue weighted by Gasteiger charge is -2.15. The summed E-state index contributed by atoms with van der Waals surface area (Å²) in [6.07, 6.45) is 0.582. The monoisotopic (exact) mass is 264 g/mol. The summed E-state index contributed by atoms with van der Waals surface area (Å²) in [5, 5.41) is 11.3. The maximum Gasteiger partial charge on any atom is 0.303 e. The number of nitrogens with one attached hydrogen (secondary N) is 1. The number of aliphatic carboxylic acids is 1. The van der Waals surface area contributed by atoms with Crippen molar-refractivity contribution in [2.24, 2.45) is 11.7 Å². The second kappa shape index (κ2) is 6.89. The first-order valence-corrected chi connectivity index (χ1v) is 6.27. The van der Waals surface area contributed by atoms with E-state index >= 15 is 0 Å². The van der Waals surface area contributed by atoms with E-state index in [0.29, 0.717) is 12.1 Å². The van der Waals surface area contributed by atoms with Crippen LogP contribution in [0.4, 0.5) is 5.69 Å². The maximum atomic E-state index is 11.7. The summed E-state index contributed by atoms with van der Waals surface area (Å²) in [6.45, 7) is 3.78. The van der Waals surface area contributed by atoms with Crippen LogP contribution < -0.4 is 11.1 Å². The van der Waals surface area contributed by atoms with Crippen molar-refractivity contribution in [3.05, 3.63) is 29.8 Å². The highest BCUT2D eigenvalue weighted by molar-refractivity contribution is 5.94. The highest BCUT2D eigenvalue weighted by Gasteiger charge is 2.16. The fourth-order valence-corrected chi connectivity index (χ4v) is 1.53. The lowest BCUT2D eigenvalue weighted by molar-refractivity contribution is -0.137. The molecule has 1 aromatic carbocycles. The first-order chi connectivity index (χ1) is 8.90. The topological polar surface area (TPSA) is 92.4 Å². The molecule has 1 atom stereocenters. The van der Waals surface area contributed by atoms with Gasteiger partial charge in [-0.2, -0.15) is 0 Å². The molecule has 0 heterocycles. The number of amides is 1. The molecule has 0 aliphatic rings. The van der Waals surface area contributed by atoms with Crippen LogP contribution in [0.25, 0.3) is 0 Å². The predicted octanol–water partition coefficient (Wildman–Crippen LogP) is 1.63. The number of carboxylic acid groups (broad SMARTS) is 1. The summed E-state index contributed by atoms with van der Waals surface area (Å²) >= 11 is 0. The van der Waals surface area contributed by atoms with Crippen molar-refractivity contribution in [3.8, 4) is 0 Å². The normalized spacial score (nSPS) is 12.2. The van der Waals surface area contributed by atoms with Crippen molar-refractivity contribution in [2.75, 3.05) is 5.32 Å².